The first-order valence-corrected chi connectivity index (χ1v) is 13.8. The van der Waals surface area contributed by atoms with E-state index in [2.05, 4.69) is 15.2 Å². The molecular weight excluding hydrogens is 518 g/mol. The van der Waals surface area contributed by atoms with E-state index < -0.39 is 15.8 Å². The van der Waals surface area contributed by atoms with E-state index in [9.17, 15) is 22.0 Å². The van der Waals surface area contributed by atoms with Crippen LogP contribution in [0.5, 0.6) is 0 Å². The summed E-state index contributed by atoms with van der Waals surface area (Å²) in [6.07, 6.45) is 2.04. The van der Waals surface area contributed by atoms with Crippen LogP contribution < -0.4 is 14.9 Å². The highest BCUT2D eigenvalue weighted by atomic mass is 32.2. The molecule has 2 atom stereocenters. The number of morpholine rings is 1. The lowest BCUT2D eigenvalue weighted by atomic mass is 10.1. The van der Waals surface area contributed by atoms with Crippen LogP contribution in [0.4, 0.5) is 14.6 Å². The van der Waals surface area contributed by atoms with E-state index in [1.54, 1.807) is 17.0 Å². The Morgan fingerprint density at radius 2 is 1.84 bits per heavy atom. The van der Waals surface area contributed by atoms with E-state index in [0.717, 1.165) is 30.0 Å². The van der Waals surface area contributed by atoms with Crippen molar-refractivity contribution in [3.63, 3.8) is 0 Å². The van der Waals surface area contributed by atoms with Gasteiger partial charge in [-0.1, -0.05) is 6.07 Å². The van der Waals surface area contributed by atoms with Gasteiger partial charge in [-0.3, -0.25) is 9.78 Å². The molecule has 1 amide bonds. The average molecular weight is 549 g/mol. The number of carbonyl (C=O) groups is 1. The molecule has 38 heavy (non-hydrogen) atoms. The minimum Gasteiger partial charge on any atom is -0.372 e. The van der Waals surface area contributed by atoms with Crippen molar-refractivity contribution in [2.75, 3.05) is 31.1 Å². The molecule has 3 aromatic rings. The van der Waals surface area contributed by atoms with E-state index in [1.807, 2.05) is 44.2 Å². The van der Waals surface area contributed by atoms with Crippen molar-refractivity contribution in [1.29, 1.82) is 0 Å². The molecule has 3 aromatic heterocycles. The molecule has 0 aliphatic carbocycles. The van der Waals surface area contributed by atoms with Crippen molar-refractivity contribution in [2.45, 2.75) is 44.7 Å². The van der Waals surface area contributed by atoms with Crippen molar-refractivity contribution in [2.24, 2.45) is 0 Å². The van der Waals surface area contributed by atoms with Crippen molar-refractivity contribution in [3.8, 4) is 11.4 Å². The van der Waals surface area contributed by atoms with Crippen LogP contribution in [-0.2, 0) is 26.0 Å². The molecule has 2 N–H and O–H groups in total. The van der Waals surface area contributed by atoms with Gasteiger partial charge in [0.05, 0.1) is 41.2 Å². The first-order valence-electron chi connectivity index (χ1n) is 12.3. The normalized spacial score (nSPS) is 18.2. The number of nitrogens with zero attached hydrogens (tertiary/aromatic N) is 4. The Labute approximate surface area is 219 Å². The second-order valence-electron chi connectivity index (χ2n) is 9.19. The Hall–Kier alpha value is -3.29. The van der Waals surface area contributed by atoms with Gasteiger partial charge in [0, 0.05) is 37.8 Å². The summed E-state index contributed by atoms with van der Waals surface area (Å²) in [7, 11) is -4.63. The first kappa shape index (κ1) is 27.7. The van der Waals surface area contributed by atoms with Gasteiger partial charge in [-0.25, -0.2) is 23.1 Å². The van der Waals surface area contributed by atoms with Gasteiger partial charge in [0.1, 0.15) is 5.82 Å². The van der Waals surface area contributed by atoms with Gasteiger partial charge in [-0.2, -0.15) is 8.78 Å². The van der Waals surface area contributed by atoms with E-state index in [-0.39, 0.29) is 44.0 Å². The number of anilines is 1. The molecule has 0 aromatic carbocycles. The molecule has 1 fully saturated rings. The van der Waals surface area contributed by atoms with Crippen LogP contribution in [0.1, 0.15) is 26.0 Å². The quantitative estimate of drug-likeness (QED) is 0.370. The fourth-order valence-corrected chi connectivity index (χ4v) is 4.78. The maximum absolute atomic E-state index is 12.3. The number of alkyl halides is 2. The number of hydrogen-bond acceptors (Lipinski definition) is 8. The van der Waals surface area contributed by atoms with Crippen LogP contribution in [0.3, 0.4) is 0 Å². The lowest BCUT2D eigenvalue weighted by Crippen LogP contribution is -2.45. The van der Waals surface area contributed by atoms with E-state index in [0.29, 0.717) is 16.9 Å². The van der Waals surface area contributed by atoms with Gasteiger partial charge in [0.25, 0.3) is 10.0 Å². The molecule has 0 spiro atoms. The number of halogens is 2. The van der Waals surface area contributed by atoms with Crippen molar-refractivity contribution in [1.82, 2.24) is 25.0 Å². The van der Waals surface area contributed by atoms with Crippen LogP contribution in [0.2, 0.25) is 0 Å². The largest absolute Gasteiger partial charge is 0.372 e. The first-order chi connectivity index (χ1) is 18.1. The maximum Gasteiger partial charge on any atom is 0.350 e. The van der Waals surface area contributed by atoms with Crippen LogP contribution in [0.25, 0.3) is 22.3 Å². The van der Waals surface area contributed by atoms with Gasteiger partial charge in [-0.05, 0) is 50.6 Å². The summed E-state index contributed by atoms with van der Waals surface area (Å²) in [5.74, 6) is -2.95. The number of pyridine rings is 3. The van der Waals surface area contributed by atoms with Crippen molar-refractivity contribution >= 4 is 32.7 Å². The maximum atomic E-state index is 12.3. The lowest BCUT2D eigenvalue weighted by Gasteiger charge is -2.36. The van der Waals surface area contributed by atoms with Gasteiger partial charge in [0.2, 0.25) is 5.91 Å². The van der Waals surface area contributed by atoms with Crippen molar-refractivity contribution in [3.05, 3.63) is 48.3 Å². The SMILES string of the molecule is C[C@@H]1CN(c2cccc(-c3ccc4cnc(CC(=O)NCCCNS(=O)(=O)C(F)F)cc4n3)n2)C[C@H](C)O1. The molecule has 10 nitrogen and oxygen atoms in total. The zero-order valence-corrected chi connectivity index (χ0v) is 21.9. The Balaban J connectivity index is 1.39. The second-order valence-corrected chi connectivity index (χ2v) is 10.9. The fraction of sp³-hybridized carbons (Fsp3) is 0.440. The molecule has 1 aliphatic rings. The molecule has 4 heterocycles. The number of nitrogens with one attached hydrogen (secondary N) is 2. The number of amides is 1. The summed E-state index contributed by atoms with van der Waals surface area (Å²) in [5.41, 5.74) is 2.61. The Kier molecular flexibility index (Phi) is 8.80. The number of fused-ring (bicyclic) bond motifs is 1. The van der Waals surface area contributed by atoms with Crippen LogP contribution in [0, 0.1) is 0 Å². The zero-order chi connectivity index (χ0) is 27.3. The van der Waals surface area contributed by atoms with Crippen LogP contribution in [0.15, 0.2) is 42.6 Å². The van der Waals surface area contributed by atoms with E-state index in [4.69, 9.17) is 14.7 Å². The Morgan fingerprint density at radius 1 is 1.11 bits per heavy atom. The predicted octanol–water partition coefficient (Wildman–Crippen LogP) is 2.50. The summed E-state index contributed by atoms with van der Waals surface area (Å²) in [4.78, 5) is 28.4. The molecule has 0 saturated carbocycles. The summed E-state index contributed by atoms with van der Waals surface area (Å²) < 4.78 is 54.3. The molecule has 1 saturated heterocycles. The summed E-state index contributed by atoms with van der Waals surface area (Å²) >= 11 is 0. The standard InChI is InChI=1S/C25H30F2N6O4S/c1-16-14-33(15-17(2)37-16)23-6-3-5-20(32-23)21-8-7-18-13-29-19(11-22(18)31-21)12-24(34)28-9-4-10-30-38(35,36)25(26)27/h3,5-8,11,13,16-17,25,30H,4,9-10,12,14-15H2,1-2H3,(H,28,34)/t16-,17+. The lowest BCUT2D eigenvalue weighted by molar-refractivity contribution is -0.120. The zero-order valence-electron chi connectivity index (χ0n) is 21.1. The fourth-order valence-electron chi connectivity index (χ4n) is 4.22. The molecule has 13 heteroatoms. The number of aromatic nitrogens is 3. The molecule has 4 rings (SSSR count). The summed E-state index contributed by atoms with van der Waals surface area (Å²) in [6, 6.07) is 11.4. The minimum atomic E-state index is -4.63. The van der Waals surface area contributed by atoms with E-state index in [1.165, 1.54) is 0 Å². The summed E-state index contributed by atoms with van der Waals surface area (Å²) in [5, 5.41) is 3.45. The second kappa shape index (κ2) is 12.0. The van der Waals surface area contributed by atoms with E-state index >= 15 is 0 Å². The highest BCUT2D eigenvalue weighted by Crippen LogP contribution is 2.24. The topological polar surface area (TPSA) is 126 Å². The van der Waals surface area contributed by atoms with Crippen molar-refractivity contribution < 1.29 is 26.7 Å². The third kappa shape index (κ3) is 7.17. The molecular formula is C25H30F2N6O4S. The highest BCUT2D eigenvalue weighted by molar-refractivity contribution is 7.89. The minimum absolute atomic E-state index is 0.00819. The van der Waals surface area contributed by atoms with Gasteiger partial charge in [0.15, 0.2) is 0 Å². The average Bonchev–Trinajstić information content (AvgIpc) is 2.87. The Bertz CT molecular complexity index is 1380. The predicted molar refractivity (Wildman–Crippen MR) is 139 cm³/mol. The summed E-state index contributed by atoms with van der Waals surface area (Å²) in [6.45, 7) is 5.53. The number of sulfonamides is 1. The Morgan fingerprint density at radius 3 is 2.58 bits per heavy atom. The third-order valence-corrected chi connectivity index (χ3v) is 7.00. The number of hydrogen-bond donors (Lipinski definition) is 2. The third-order valence-electron chi connectivity index (χ3n) is 5.93. The number of carbonyl (C=O) groups excluding carboxylic acids is 1. The van der Waals surface area contributed by atoms with Crippen LogP contribution >= 0.6 is 0 Å². The molecule has 0 unspecified atom stereocenters. The molecule has 204 valence electrons. The molecule has 1 aliphatic heterocycles. The number of ether oxygens (including phenoxy) is 1. The number of rotatable bonds is 10. The molecule has 0 bridgehead atoms. The molecule has 0 radical (unpaired) electrons. The highest BCUT2D eigenvalue weighted by Gasteiger charge is 2.24. The van der Waals surface area contributed by atoms with Gasteiger partial charge < -0.3 is 15.0 Å². The van der Waals surface area contributed by atoms with Gasteiger partial charge >= 0.3 is 5.76 Å². The van der Waals surface area contributed by atoms with Gasteiger partial charge in [-0.15, -0.1) is 0 Å². The van der Waals surface area contributed by atoms with Crippen LogP contribution in [-0.4, -0.2) is 73.4 Å². The monoisotopic (exact) mass is 548 g/mol. The smallest absolute Gasteiger partial charge is 0.350 e.